The fourth-order valence-electron chi connectivity index (χ4n) is 0.498. The Kier molecular flexibility index (Phi) is 1.46. The molecule has 0 radical (unpaired) electrons. The van der Waals surface area contributed by atoms with E-state index in [1.54, 1.807) is 0 Å². The van der Waals surface area contributed by atoms with Crippen molar-refractivity contribution in [3.8, 4) is 0 Å². The molecule has 4 nitrogen and oxygen atoms in total. The Morgan fingerprint density at radius 3 is 3.25 bits per heavy atom. The maximum absolute atomic E-state index is 9.64. The van der Waals surface area contributed by atoms with Crippen LogP contribution in [-0.2, 0) is 9.63 Å². The van der Waals surface area contributed by atoms with E-state index in [1.165, 1.54) is 11.4 Å². The summed E-state index contributed by atoms with van der Waals surface area (Å²) in [5, 5.41) is 1.38. The lowest BCUT2D eigenvalue weighted by Gasteiger charge is -2.06. The Morgan fingerprint density at radius 2 is 2.75 bits per heavy atom. The van der Waals surface area contributed by atoms with Crippen molar-refractivity contribution in [3.63, 3.8) is 0 Å². The molecule has 0 aliphatic carbocycles. The Hall–Kier alpha value is -1.06. The first kappa shape index (κ1) is 5.08. The molecule has 1 aliphatic heterocycles. The molecule has 0 saturated heterocycles. The molecule has 0 aromatic carbocycles. The minimum absolute atomic E-state index is 0.386. The van der Waals surface area contributed by atoms with Gasteiger partial charge in [-0.2, -0.15) is 5.06 Å². The molecule has 8 heavy (non-hydrogen) atoms. The first-order chi connectivity index (χ1) is 3.93. The topological polar surface area (TPSA) is 41.9 Å². The Morgan fingerprint density at radius 1 is 1.88 bits per heavy atom. The maximum atomic E-state index is 9.64. The first-order valence-corrected chi connectivity index (χ1v) is 2.30. The second kappa shape index (κ2) is 2.30. The van der Waals surface area contributed by atoms with Crippen molar-refractivity contribution in [2.75, 3.05) is 13.1 Å². The highest BCUT2D eigenvalue weighted by Gasteiger charge is 2.02. The zero-order chi connectivity index (χ0) is 5.82. The van der Waals surface area contributed by atoms with E-state index in [0.717, 1.165) is 0 Å². The molecule has 1 rings (SSSR count). The second-order valence-electron chi connectivity index (χ2n) is 1.36. The molecule has 0 fully saturated rings. The summed E-state index contributed by atoms with van der Waals surface area (Å²) in [5.74, 6) is 0. The molecule has 1 aliphatic rings. The molecule has 0 unspecified atom stereocenters. The van der Waals surface area contributed by atoms with Crippen LogP contribution in [0.4, 0.5) is 0 Å². The number of nitrogens with zero attached hydrogens (tertiary/aromatic N) is 2. The predicted octanol–water partition coefficient (Wildman–Crippen LogP) is -0.582. The number of hydroxylamine groups is 2. The lowest BCUT2D eigenvalue weighted by molar-refractivity contribution is -0.153. The van der Waals surface area contributed by atoms with Crippen LogP contribution >= 0.6 is 0 Å². The highest BCUT2D eigenvalue weighted by atomic mass is 16.7. The van der Waals surface area contributed by atoms with Gasteiger partial charge in [-0.1, -0.05) is 0 Å². The van der Waals surface area contributed by atoms with Gasteiger partial charge in [-0.05, 0) is 0 Å². The Bertz CT molecular complexity index is 113. The van der Waals surface area contributed by atoms with Gasteiger partial charge < -0.3 is 4.84 Å². The average Bonchev–Trinajstić information content (AvgIpc) is 2.19. The summed E-state index contributed by atoms with van der Waals surface area (Å²) in [6.45, 7) is 1.78. The minimum atomic E-state index is 0.386. The third-order valence-corrected chi connectivity index (χ3v) is 0.838. The van der Waals surface area contributed by atoms with E-state index in [9.17, 15) is 4.79 Å². The van der Waals surface area contributed by atoms with Crippen LogP contribution in [0.15, 0.2) is 4.99 Å². The van der Waals surface area contributed by atoms with Gasteiger partial charge in [0.15, 0.2) is 0 Å². The first-order valence-electron chi connectivity index (χ1n) is 2.30. The zero-order valence-corrected chi connectivity index (χ0v) is 4.28. The highest BCUT2D eigenvalue weighted by molar-refractivity contribution is 5.57. The van der Waals surface area contributed by atoms with Crippen LogP contribution in [0.1, 0.15) is 0 Å². The normalized spacial score (nSPS) is 16.8. The smallest absolute Gasteiger partial charge is 0.320 e. The molecule has 0 aromatic heterocycles. The second-order valence-corrected chi connectivity index (χ2v) is 1.36. The number of rotatable bonds is 2. The van der Waals surface area contributed by atoms with Crippen LogP contribution in [0.3, 0.4) is 0 Å². The zero-order valence-electron chi connectivity index (χ0n) is 4.28. The largest absolute Gasteiger partial charge is 0.343 e. The van der Waals surface area contributed by atoms with Gasteiger partial charge in [0.1, 0.15) is 6.34 Å². The number of carbonyl (C=O) groups excluding carboxylic acids is 1. The third-order valence-electron chi connectivity index (χ3n) is 0.838. The van der Waals surface area contributed by atoms with E-state index in [-0.39, 0.29) is 0 Å². The van der Waals surface area contributed by atoms with Crippen molar-refractivity contribution < 1.29 is 9.63 Å². The lowest BCUT2D eigenvalue weighted by atomic mass is 10.7. The van der Waals surface area contributed by atoms with Gasteiger partial charge in [0, 0.05) is 0 Å². The van der Waals surface area contributed by atoms with Crippen LogP contribution in [0, 0.1) is 0 Å². The molecular formula is C4H6N2O2. The Balaban J connectivity index is 2.25. The summed E-state index contributed by atoms with van der Waals surface area (Å²) in [6, 6.07) is 0. The van der Waals surface area contributed by atoms with Crippen LogP contribution in [0.2, 0.25) is 0 Å². The number of hydrogen-bond donors (Lipinski definition) is 0. The van der Waals surface area contributed by atoms with Gasteiger partial charge in [-0.25, -0.2) is 0 Å². The lowest BCUT2D eigenvalue weighted by Crippen LogP contribution is -2.18. The van der Waals surface area contributed by atoms with Crippen LogP contribution in [0.5, 0.6) is 0 Å². The van der Waals surface area contributed by atoms with Crippen molar-refractivity contribution in [2.24, 2.45) is 4.99 Å². The van der Waals surface area contributed by atoms with Gasteiger partial charge in [-0.3, -0.25) is 9.79 Å². The van der Waals surface area contributed by atoms with Crippen molar-refractivity contribution in [2.45, 2.75) is 0 Å². The summed E-state index contributed by atoms with van der Waals surface area (Å²) >= 11 is 0. The van der Waals surface area contributed by atoms with Gasteiger partial charge in [0.25, 0.3) is 0 Å². The third kappa shape index (κ3) is 0.959. The van der Waals surface area contributed by atoms with Crippen molar-refractivity contribution in [3.05, 3.63) is 0 Å². The summed E-state index contributed by atoms with van der Waals surface area (Å²) in [5.41, 5.74) is 0. The van der Waals surface area contributed by atoms with Gasteiger partial charge in [-0.15, -0.1) is 0 Å². The summed E-state index contributed by atoms with van der Waals surface area (Å²) in [6.07, 6.45) is 1.49. The average molecular weight is 114 g/mol. The molecule has 0 atom stereocenters. The number of hydrogen-bond acceptors (Lipinski definition) is 4. The van der Waals surface area contributed by atoms with Gasteiger partial charge in [0.2, 0.25) is 0 Å². The van der Waals surface area contributed by atoms with E-state index in [4.69, 9.17) is 0 Å². The molecule has 0 aromatic rings. The Labute approximate surface area is 46.7 Å². The van der Waals surface area contributed by atoms with Crippen LogP contribution < -0.4 is 0 Å². The van der Waals surface area contributed by atoms with Crippen LogP contribution in [0.25, 0.3) is 0 Å². The van der Waals surface area contributed by atoms with Gasteiger partial charge >= 0.3 is 6.47 Å². The van der Waals surface area contributed by atoms with Gasteiger partial charge in [0.05, 0.1) is 13.1 Å². The molecule has 0 N–H and O–H groups in total. The van der Waals surface area contributed by atoms with Crippen molar-refractivity contribution in [1.29, 1.82) is 0 Å². The molecule has 0 spiro atoms. The maximum Gasteiger partial charge on any atom is 0.320 e. The van der Waals surface area contributed by atoms with Crippen LogP contribution in [-0.4, -0.2) is 31.0 Å². The summed E-state index contributed by atoms with van der Waals surface area (Å²) < 4.78 is 0. The van der Waals surface area contributed by atoms with E-state index < -0.39 is 0 Å². The van der Waals surface area contributed by atoms with E-state index in [2.05, 4.69) is 9.83 Å². The van der Waals surface area contributed by atoms with E-state index in [0.29, 0.717) is 19.6 Å². The standard InChI is InChI=1S/C4H6N2O2/c7-4-8-6-2-1-5-3-6/h3-4H,1-2H2. The quantitative estimate of drug-likeness (QED) is 0.451. The molecule has 44 valence electrons. The highest BCUT2D eigenvalue weighted by Crippen LogP contribution is 1.90. The fourth-order valence-corrected chi connectivity index (χ4v) is 0.498. The monoisotopic (exact) mass is 114 g/mol. The molecule has 0 amide bonds. The molecule has 0 saturated carbocycles. The van der Waals surface area contributed by atoms with Crippen molar-refractivity contribution >= 4 is 12.8 Å². The van der Waals surface area contributed by atoms with E-state index >= 15 is 0 Å². The fraction of sp³-hybridized carbons (Fsp3) is 0.500. The summed E-state index contributed by atoms with van der Waals surface area (Å²) in [7, 11) is 0. The number of carbonyl (C=O) groups is 1. The van der Waals surface area contributed by atoms with Crippen molar-refractivity contribution in [1.82, 2.24) is 5.06 Å². The molecule has 4 heteroatoms. The molecule has 0 bridgehead atoms. The minimum Gasteiger partial charge on any atom is -0.343 e. The number of aliphatic imine (C=N–C) groups is 1. The molecular weight excluding hydrogens is 108 g/mol. The van der Waals surface area contributed by atoms with E-state index in [1.807, 2.05) is 0 Å². The SMILES string of the molecule is O=CON1C=NCC1. The molecule has 1 heterocycles. The summed E-state index contributed by atoms with van der Waals surface area (Å²) in [4.78, 5) is 17.8. The predicted molar refractivity (Wildman–Crippen MR) is 27.2 cm³/mol.